The lowest BCUT2D eigenvalue weighted by Crippen LogP contribution is -2.36. The molecule has 0 unspecified atom stereocenters. The first-order valence-corrected chi connectivity index (χ1v) is 5.90. The van der Waals surface area contributed by atoms with E-state index in [4.69, 9.17) is 12.2 Å². The molecule has 2 N–H and O–H groups in total. The first kappa shape index (κ1) is 13.0. The van der Waals surface area contributed by atoms with Gasteiger partial charge in [0, 0.05) is 31.4 Å². The van der Waals surface area contributed by atoms with E-state index in [0.29, 0.717) is 11.0 Å². The van der Waals surface area contributed by atoms with Crippen LogP contribution in [0, 0.1) is 12.8 Å². The van der Waals surface area contributed by atoms with Crippen LogP contribution in [0.15, 0.2) is 6.20 Å². The van der Waals surface area contributed by atoms with Crippen molar-refractivity contribution in [2.24, 2.45) is 13.0 Å². The summed E-state index contributed by atoms with van der Waals surface area (Å²) in [5.41, 5.74) is 2.34. The summed E-state index contributed by atoms with van der Waals surface area (Å²) in [5.74, 6) is 0.597. The number of aryl methyl sites for hydroxylation is 1. The quantitative estimate of drug-likeness (QED) is 0.780. The zero-order valence-electron chi connectivity index (χ0n) is 10.4. The normalized spacial score (nSPS) is 10.6. The molecule has 0 aromatic carbocycles. The number of nitrogens with zero attached hydrogens (tertiary/aromatic N) is 2. The number of hydrogen-bond acceptors (Lipinski definition) is 2. The van der Waals surface area contributed by atoms with Gasteiger partial charge in [0.1, 0.15) is 0 Å². The number of rotatable bonds is 4. The highest BCUT2D eigenvalue weighted by Gasteiger charge is 2.04. The third kappa shape index (κ3) is 3.81. The Kier molecular flexibility index (Phi) is 4.73. The average Bonchev–Trinajstić information content (AvgIpc) is 2.54. The Morgan fingerprint density at radius 1 is 1.50 bits per heavy atom. The van der Waals surface area contributed by atoms with Crippen LogP contribution < -0.4 is 10.6 Å². The maximum atomic E-state index is 5.17. The third-order valence-electron chi connectivity index (χ3n) is 2.45. The van der Waals surface area contributed by atoms with E-state index in [0.717, 1.165) is 13.1 Å². The van der Waals surface area contributed by atoms with Crippen molar-refractivity contribution >= 4 is 17.3 Å². The molecule has 4 nitrogen and oxygen atoms in total. The molecule has 1 rings (SSSR count). The van der Waals surface area contributed by atoms with E-state index in [2.05, 4.69) is 36.5 Å². The average molecular weight is 240 g/mol. The summed E-state index contributed by atoms with van der Waals surface area (Å²) < 4.78 is 1.86. The second-order valence-corrected chi connectivity index (χ2v) is 4.74. The fourth-order valence-corrected chi connectivity index (χ4v) is 1.41. The third-order valence-corrected chi connectivity index (χ3v) is 2.74. The van der Waals surface area contributed by atoms with Gasteiger partial charge in [-0.1, -0.05) is 13.8 Å². The second-order valence-electron chi connectivity index (χ2n) is 4.34. The van der Waals surface area contributed by atoms with Crippen LogP contribution in [-0.4, -0.2) is 21.4 Å². The van der Waals surface area contributed by atoms with Crippen LogP contribution in [0.5, 0.6) is 0 Å². The van der Waals surface area contributed by atoms with Crippen molar-refractivity contribution in [3.05, 3.63) is 17.5 Å². The van der Waals surface area contributed by atoms with Crippen molar-refractivity contribution in [3.8, 4) is 0 Å². The first-order chi connectivity index (χ1) is 7.50. The van der Waals surface area contributed by atoms with Crippen molar-refractivity contribution in [2.45, 2.75) is 27.3 Å². The molecule has 0 aliphatic rings. The Morgan fingerprint density at radius 3 is 2.69 bits per heavy atom. The molecular weight excluding hydrogens is 220 g/mol. The van der Waals surface area contributed by atoms with Gasteiger partial charge < -0.3 is 10.6 Å². The summed E-state index contributed by atoms with van der Waals surface area (Å²) in [6.07, 6.45) is 1.87. The molecule has 90 valence electrons. The monoisotopic (exact) mass is 240 g/mol. The molecular formula is C11H20N4S. The van der Waals surface area contributed by atoms with Gasteiger partial charge in [0.25, 0.3) is 0 Å². The van der Waals surface area contributed by atoms with Crippen molar-refractivity contribution in [1.29, 1.82) is 0 Å². The summed E-state index contributed by atoms with van der Waals surface area (Å²) in [7, 11) is 1.94. The fraction of sp³-hybridized carbons (Fsp3) is 0.636. The Labute approximate surface area is 102 Å². The summed E-state index contributed by atoms with van der Waals surface area (Å²) in [6.45, 7) is 7.98. The van der Waals surface area contributed by atoms with Crippen LogP contribution in [-0.2, 0) is 13.6 Å². The Bertz CT molecular complexity index is 357. The summed E-state index contributed by atoms with van der Waals surface area (Å²) in [5, 5.41) is 11.2. The first-order valence-electron chi connectivity index (χ1n) is 5.50. The molecule has 0 amide bonds. The molecule has 1 heterocycles. The van der Waals surface area contributed by atoms with Gasteiger partial charge in [0.2, 0.25) is 0 Å². The topological polar surface area (TPSA) is 41.9 Å². The SMILES string of the molecule is Cc1c(CNC(=S)NCC(C)C)cnn1C. The lowest BCUT2D eigenvalue weighted by atomic mass is 10.2. The Balaban J connectivity index is 2.34. The lowest BCUT2D eigenvalue weighted by molar-refractivity contribution is 0.619. The van der Waals surface area contributed by atoms with Crippen LogP contribution in [0.25, 0.3) is 0 Å². The van der Waals surface area contributed by atoms with E-state index in [-0.39, 0.29) is 0 Å². The highest BCUT2D eigenvalue weighted by Crippen LogP contribution is 2.04. The molecule has 1 aromatic heterocycles. The maximum Gasteiger partial charge on any atom is 0.166 e. The van der Waals surface area contributed by atoms with Crippen molar-refractivity contribution in [1.82, 2.24) is 20.4 Å². The van der Waals surface area contributed by atoms with Crippen LogP contribution in [0.4, 0.5) is 0 Å². The number of aromatic nitrogens is 2. The highest BCUT2D eigenvalue weighted by atomic mass is 32.1. The predicted molar refractivity (Wildman–Crippen MR) is 70.2 cm³/mol. The number of thiocarbonyl (C=S) groups is 1. The summed E-state index contributed by atoms with van der Waals surface area (Å²) >= 11 is 5.17. The van der Waals surface area contributed by atoms with E-state index in [9.17, 15) is 0 Å². The van der Waals surface area contributed by atoms with E-state index >= 15 is 0 Å². The molecule has 0 radical (unpaired) electrons. The minimum absolute atomic E-state index is 0.597. The molecule has 0 bridgehead atoms. The maximum absolute atomic E-state index is 5.17. The largest absolute Gasteiger partial charge is 0.362 e. The molecule has 0 saturated heterocycles. The fourth-order valence-electron chi connectivity index (χ4n) is 1.25. The van der Waals surface area contributed by atoms with Gasteiger partial charge in [-0.25, -0.2) is 0 Å². The van der Waals surface area contributed by atoms with Crippen LogP contribution in [0.2, 0.25) is 0 Å². The van der Waals surface area contributed by atoms with E-state index < -0.39 is 0 Å². The van der Waals surface area contributed by atoms with Crippen molar-refractivity contribution in [2.75, 3.05) is 6.54 Å². The molecule has 5 heteroatoms. The van der Waals surface area contributed by atoms with Crippen molar-refractivity contribution in [3.63, 3.8) is 0 Å². The molecule has 0 spiro atoms. The molecule has 0 atom stereocenters. The summed E-state index contributed by atoms with van der Waals surface area (Å²) in [6, 6.07) is 0. The van der Waals surface area contributed by atoms with Gasteiger partial charge in [-0.15, -0.1) is 0 Å². The predicted octanol–water partition coefficient (Wildman–Crippen LogP) is 1.35. The van der Waals surface area contributed by atoms with Gasteiger partial charge in [-0.2, -0.15) is 5.10 Å². The molecule has 0 fully saturated rings. The molecule has 16 heavy (non-hydrogen) atoms. The van der Waals surface area contributed by atoms with Crippen LogP contribution >= 0.6 is 12.2 Å². The van der Waals surface area contributed by atoms with Gasteiger partial charge in [0.05, 0.1) is 6.20 Å². The molecule has 0 aliphatic heterocycles. The lowest BCUT2D eigenvalue weighted by Gasteiger charge is -2.11. The zero-order valence-corrected chi connectivity index (χ0v) is 11.2. The molecule has 0 saturated carbocycles. The highest BCUT2D eigenvalue weighted by molar-refractivity contribution is 7.80. The zero-order chi connectivity index (χ0) is 12.1. The Morgan fingerprint density at radius 2 is 2.19 bits per heavy atom. The van der Waals surface area contributed by atoms with Gasteiger partial charge in [0.15, 0.2) is 5.11 Å². The number of nitrogens with one attached hydrogen (secondary N) is 2. The van der Waals surface area contributed by atoms with Gasteiger partial charge in [-0.3, -0.25) is 4.68 Å². The van der Waals surface area contributed by atoms with E-state index in [1.54, 1.807) is 0 Å². The molecule has 1 aromatic rings. The standard InChI is InChI=1S/C11H20N4S/c1-8(2)5-12-11(16)13-6-10-7-14-15(4)9(10)3/h7-8H,5-6H2,1-4H3,(H2,12,13,16). The molecule has 0 aliphatic carbocycles. The second kappa shape index (κ2) is 5.84. The van der Waals surface area contributed by atoms with Gasteiger partial charge in [-0.05, 0) is 25.1 Å². The minimum Gasteiger partial charge on any atom is -0.362 e. The summed E-state index contributed by atoms with van der Waals surface area (Å²) in [4.78, 5) is 0. The van der Waals surface area contributed by atoms with E-state index in [1.165, 1.54) is 11.3 Å². The smallest absolute Gasteiger partial charge is 0.166 e. The number of hydrogen-bond donors (Lipinski definition) is 2. The Hall–Kier alpha value is -1.10. The van der Waals surface area contributed by atoms with Gasteiger partial charge >= 0.3 is 0 Å². The van der Waals surface area contributed by atoms with Crippen LogP contribution in [0.1, 0.15) is 25.1 Å². The minimum atomic E-state index is 0.597. The van der Waals surface area contributed by atoms with Crippen molar-refractivity contribution < 1.29 is 0 Å². The van der Waals surface area contributed by atoms with E-state index in [1.807, 2.05) is 17.9 Å². The van der Waals surface area contributed by atoms with Crippen LogP contribution in [0.3, 0.4) is 0 Å².